The number of primary amides is 1. The van der Waals surface area contributed by atoms with E-state index in [1.165, 1.54) is 9.08 Å². The number of carbonyl (C=O) groups is 1. The van der Waals surface area contributed by atoms with Gasteiger partial charge >= 0.3 is 5.69 Å². The van der Waals surface area contributed by atoms with Crippen molar-refractivity contribution in [3.63, 3.8) is 0 Å². The Hall–Kier alpha value is -2.89. The van der Waals surface area contributed by atoms with Crippen LogP contribution in [-0.2, 0) is 6.54 Å². The molecule has 100 valence electrons. The second-order valence-corrected chi connectivity index (χ2v) is 4.43. The molecule has 0 spiro atoms. The second-order valence-electron chi connectivity index (χ2n) is 4.43. The van der Waals surface area contributed by atoms with Gasteiger partial charge in [-0.1, -0.05) is 18.2 Å². The van der Waals surface area contributed by atoms with E-state index < -0.39 is 5.91 Å². The van der Waals surface area contributed by atoms with Gasteiger partial charge in [0.2, 0.25) is 5.91 Å². The molecule has 0 unspecified atom stereocenters. The first-order valence-corrected chi connectivity index (χ1v) is 6.08. The summed E-state index contributed by atoms with van der Waals surface area (Å²) in [5, 5.41) is 4.24. The van der Waals surface area contributed by atoms with Crippen molar-refractivity contribution in [2.24, 2.45) is 5.73 Å². The minimum Gasteiger partial charge on any atom is -0.366 e. The van der Waals surface area contributed by atoms with Gasteiger partial charge in [-0.05, 0) is 29.8 Å². The van der Waals surface area contributed by atoms with Crippen molar-refractivity contribution in [2.75, 3.05) is 0 Å². The van der Waals surface area contributed by atoms with Gasteiger partial charge < -0.3 is 5.73 Å². The summed E-state index contributed by atoms with van der Waals surface area (Å²) in [5.41, 5.74) is 6.91. The first-order valence-electron chi connectivity index (χ1n) is 6.08. The number of aromatic nitrogens is 3. The van der Waals surface area contributed by atoms with Crippen LogP contribution in [0.1, 0.15) is 15.9 Å². The smallest absolute Gasteiger partial charge is 0.350 e. The van der Waals surface area contributed by atoms with Gasteiger partial charge in [-0.2, -0.15) is 0 Å². The van der Waals surface area contributed by atoms with Gasteiger partial charge in [0, 0.05) is 11.8 Å². The molecule has 0 bridgehead atoms. The summed E-state index contributed by atoms with van der Waals surface area (Å²) < 4.78 is 2.87. The second kappa shape index (κ2) is 4.65. The fourth-order valence-electron chi connectivity index (χ4n) is 2.02. The van der Waals surface area contributed by atoms with E-state index in [0.29, 0.717) is 17.8 Å². The third kappa shape index (κ3) is 2.07. The minimum atomic E-state index is -0.471. The lowest BCUT2D eigenvalue weighted by molar-refractivity contribution is 0.100. The van der Waals surface area contributed by atoms with Gasteiger partial charge in [0.05, 0.1) is 6.54 Å². The van der Waals surface area contributed by atoms with E-state index in [-0.39, 0.29) is 5.69 Å². The van der Waals surface area contributed by atoms with Crippen LogP contribution in [0.2, 0.25) is 0 Å². The van der Waals surface area contributed by atoms with Gasteiger partial charge in [-0.25, -0.2) is 9.48 Å². The maximum atomic E-state index is 12.1. The highest BCUT2D eigenvalue weighted by molar-refractivity contribution is 5.92. The Balaban J connectivity index is 1.95. The average molecular weight is 268 g/mol. The first kappa shape index (κ1) is 12.2. The summed E-state index contributed by atoms with van der Waals surface area (Å²) in [6.45, 7) is 0.347. The molecule has 2 heterocycles. The molecule has 0 aliphatic heterocycles. The van der Waals surface area contributed by atoms with Crippen LogP contribution in [0.3, 0.4) is 0 Å². The number of rotatable bonds is 3. The molecule has 6 heteroatoms. The monoisotopic (exact) mass is 268 g/mol. The van der Waals surface area contributed by atoms with Gasteiger partial charge in [-0.15, -0.1) is 5.10 Å². The molecule has 0 atom stereocenters. The zero-order valence-electron chi connectivity index (χ0n) is 10.6. The highest BCUT2D eigenvalue weighted by Gasteiger charge is 2.07. The lowest BCUT2D eigenvalue weighted by Crippen LogP contribution is -2.21. The summed E-state index contributed by atoms with van der Waals surface area (Å²) in [7, 11) is 0. The van der Waals surface area contributed by atoms with E-state index in [0.717, 1.165) is 5.56 Å². The number of fused-ring (bicyclic) bond motifs is 1. The average Bonchev–Trinajstić information content (AvgIpc) is 2.77. The quantitative estimate of drug-likeness (QED) is 0.756. The largest absolute Gasteiger partial charge is 0.366 e. The number of pyridine rings is 1. The predicted molar refractivity (Wildman–Crippen MR) is 73.5 cm³/mol. The van der Waals surface area contributed by atoms with Crippen LogP contribution < -0.4 is 11.4 Å². The summed E-state index contributed by atoms with van der Waals surface area (Å²) in [4.78, 5) is 23.1. The Bertz CT molecular complexity index is 830. The van der Waals surface area contributed by atoms with E-state index in [9.17, 15) is 9.59 Å². The van der Waals surface area contributed by atoms with Crippen LogP contribution in [0.25, 0.3) is 5.65 Å². The molecule has 2 aromatic heterocycles. The van der Waals surface area contributed by atoms with Crippen molar-refractivity contribution in [1.29, 1.82) is 0 Å². The molecule has 2 N–H and O–H groups in total. The van der Waals surface area contributed by atoms with E-state index in [1.54, 1.807) is 42.6 Å². The molecule has 20 heavy (non-hydrogen) atoms. The summed E-state index contributed by atoms with van der Waals surface area (Å²) in [5.74, 6) is -0.471. The van der Waals surface area contributed by atoms with E-state index in [2.05, 4.69) is 5.10 Å². The molecular formula is C14H12N4O2. The summed E-state index contributed by atoms with van der Waals surface area (Å²) >= 11 is 0. The molecule has 1 aromatic carbocycles. The Morgan fingerprint density at radius 3 is 2.55 bits per heavy atom. The first-order chi connectivity index (χ1) is 9.65. The van der Waals surface area contributed by atoms with Gasteiger partial charge in [0.15, 0.2) is 5.65 Å². The van der Waals surface area contributed by atoms with Crippen LogP contribution in [0.5, 0.6) is 0 Å². The normalized spacial score (nSPS) is 10.8. The number of nitrogens with zero attached hydrogens (tertiary/aromatic N) is 3. The zero-order valence-corrected chi connectivity index (χ0v) is 10.6. The van der Waals surface area contributed by atoms with Crippen LogP contribution in [0, 0.1) is 0 Å². The van der Waals surface area contributed by atoms with E-state index in [1.807, 2.05) is 6.07 Å². The standard InChI is InChI=1S/C14H12N4O2/c15-13(19)11-6-4-10(5-7-11)9-18-14(20)17-8-2-1-3-12(17)16-18/h1-8H,9H2,(H2,15,19). The number of benzene rings is 1. The van der Waals surface area contributed by atoms with Crippen molar-refractivity contribution in [3.05, 3.63) is 70.3 Å². The maximum Gasteiger partial charge on any atom is 0.350 e. The number of amides is 1. The maximum absolute atomic E-state index is 12.1. The zero-order chi connectivity index (χ0) is 14.1. The number of nitrogens with two attached hydrogens (primary N) is 1. The molecule has 0 saturated carbocycles. The van der Waals surface area contributed by atoms with Crippen molar-refractivity contribution in [1.82, 2.24) is 14.2 Å². The molecule has 6 nitrogen and oxygen atoms in total. The van der Waals surface area contributed by atoms with Crippen LogP contribution >= 0.6 is 0 Å². The molecule has 0 fully saturated rings. The van der Waals surface area contributed by atoms with Crippen molar-refractivity contribution >= 4 is 11.6 Å². The fourth-order valence-corrected chi connectivity index (χ4v) is 2.02. The molecular weight excluding hydrogens is 256 g/mol. The minimum absolute atomic E-state index is 0.195. The molecule has 3 rings (SSSR count). The van der Waals surface area contributed by atoms with Gasteiger partial charge in [0.1, 0.15) is 0 Å². The van der Waals surface area contributed by atoms with Crippen molar-refractivity contribution < 1.29 is 4.79 Å². The topological polar surface area (TPSA) is 82.4 Å². The summed E-state index contributed by atoms with van der Waals surface area (Å²) in [6, 6.07) is 12.2. The molecule has 3 aromatic rings. The molecule has 0 aliphatic carbocycles. The lowest BCUT2D eigenvalue weighted by atomic mass is 10.1. The molecule has 0 aliphatic rings. The van der Waals surface area contributed by atoms with E-state index >= 15 is 0 Å². The third-order valence-corrected chi connectivity index (χ3v) is 3.06. The van der Waals surface area contributed by atoms with E-state index in [4.69, 9.17) is 5.73 Å². The Labute approximate surface area is 114 Å². The highest BCUT2D eigenvalue weighted by Crippen LogP contribution is 2.05. The van der Waals surface area contributed by atoms with Gasteiger partial charge in [0.25, 0.3) is 0 Å². The third-order valence-electron chi connectivity index (χ3n) is 3.06. The number of hydrogen-bond acceptors (Lipinski definition) is 3. The van der Waals surface area contributed by atoms with Crippen LogP contribution in [-0.4, -0.2) is 20.1 Å². The fraction of sp³-hybridized carbons (Fsp3) is 0.0714. The Morgan fingerprint density at radius 1 is 1.15 bits per heavy atom. The SMILES string of the molecule is NC(=O)c1ccc(Cn2nc3ccccn3c2=O)cc1. The van der Waals surface area contributed by atoms with Crippen LogP contribution in [0.15, 0.2) is 53.5 Å². The van der Waals surface area contributed by atoms with Gasteiger partial charge in [-0.3, -0.25) is 9.20 Å². The Morgan fingerprint density at radius 2 is 1.90 bits per heavy atom. The number of hydrogen-bond donors (Lipinski definition) is 1. The van der Waals surface area contributed by atoms with Crippen molar-refractivity contribution in [2.45, 2.75) is 6.54 Å². The van der Waals surface area contributed by atoms with Crippen molar-refractivity contribution in [3.8, 4) is 0 Å². The van der Waals surface area contributed by atoms with Crippen LogP contribution in [0.4, 0.5) is 0 Å². The summed E-state index contributed by atoms with van der Waals surface area (Å²) in [6.07, 6.45) is 1.68. The lowest BCUT2D eigenvalue weighted by Gasteiger charge is -2.01. The Kier molecular flexibility index (Phi) is 2.83. The highest BCUT2D eigenvalue weighted by atomic mass is 16.2. The molecule has 0 radical (unpaired) electrons. The molecule has 0 saturated heterocycles. The predicted octanol–water partition coefficient (Wildman–Crippen LogP) is 0.643. The number of carbonyl (C=O) groups excluding carboxylic acids is 1. The molecule has 1 amide bonds.